The molecule has 2 nitrogen and oxygen atoms in total. The Morgan fingerprint density at radius 1 is 1.23 bits per heavy atom. The van der Waals surface area contributed by atoms with E-state index in [-0.39, 0.29) is 0 Å². The summed E-state index contributed by atoms with van der Waals surface area (Å²) in [6.45, 7) is 0. The van der Waals surface area contributed by atoms with Crippen LogP contribution in [-0.2, 0) is 5.33 Å². The minimum atomic E-state index is 0.803. The number of rotatable bonds is 2. The van der Waals surface area contributed by atoms with Crippen LogP contribution in [-0.4, -0.2) is 9.97 Å². The van der Waals surface area contributed by atoms with Gasteiger partial charge in [-0.3, -0.25) is 0 Å². The van der Waals surface area contributed by atoms with Crippen LogP contribution >= 0.6 is 15.9 Å². The van der Waals surface area contributed by atoms with E-state index in [2.05, 4.69) is 38.0 Å². The van der Waals surface area contributed by atoms with Crippen LogP contribution in [0.1, 0.15) is 5.69 Å². The molecule has 3 heteroatoms. The smallest absolute Gasteiger partial charge is 0.0929 e. The van der Waals surface area contributed by atoms with Gasteiger partial charge >= 0.3 is 0 Å². The Morgan fingerprint density at radius 2 is 2.00 bits per heavy atom. The van der Waals surface area contributed by atoms with Crippen molar-refractivity contribution in [1.29, 1.82) is 0 Å². The fraction of sp³-hybridized carbons (Fsp3) is 0.100. The van der Waals surface area contributed by atoms with Crippen molar-refractivity contribution in [3.05, 3.63) is 42.4 Å². The van der Waals surface area contributed by atoms with E-state index in [4.69, 9.17) is 0 Å². The first-order chi connectivity index (χ1) is 6.42. The Hall–Kier alpha value is -1.09. The highest BCUT2D eigenvalue weighted by Gasteiger charge is 2.05. The molecule has 1 N–H and O–H groups in total. The second-order valence-corrected chi connectivity index (χ2v) is 3.29. The van der Waals surface area contributed by atoms with Gasteiger partial charge in [-0.2, -0.15) is 0 Å². The molecule has 0 aliphatic heterocycles. The number of H-pyrrole nitrogens is 1. The van der Waals surface area contributed by atoms with E-state index in [1.165, 1.54) is 0 Å². The lowest BCUT2D eigenvalue weighted by molar-refractivity contribution is 1.24. The van der Waals surface area contributed by atoms with Gasteiger partial charge in [0.05, 0.1) is 17.7 Å². The summed E-state index contributed by atoms with van der Waals surface area (Å²) in [6, 6.07) is 10.2. The third kappa shape index (κ3) is 1.65. The SMILES string of the molecule is BrCc1[nH]cnc1-c1ccccc1. The minimum Gasteiger partial charge on any atom is -0.347 e. The van der Waals surface area contributed by atoms with Gasteiger partial charge in [0.2, 0.25) is 0 Å². The number of aromatic amines is 1. The van der Waals surface area contributed by atoms with Crippen molar-refractivity contribution < 1.29 is 0 Å². The number of alkyl halides is 1. The summed E-state index contributed by atoms with van der Waals surface area (Å²) in [4.78, 5) is 7.37. The summed E-state index contributed by atoms with van der Waals surface area (Å²) < 4.78 is 0. The maximum absolute atomic E-state index is 4.27. The molecule has 1 aromatic carbocycles. The van der Waals surface area contributed by atoms with Crippen molar-refractivity contribution in [2.45, 2.75) is 5.33 Å². The van der Waals surface area contributed by atoms with Gasteiger partial charge in [-0.25, -0.2) is 4.98 Å². The summed E-state index contributed by atoms with van der Waals surface area (Å²) in [5.74, 6) is 0. The third-order valence-electron chi connectivity index (χ3n) is 1.90. The van der Waals surface area contributed by atoms with Gasteiger partial charge in [-0.05, 0) is 0 Å². The van der Waals surface area contributed by atoms with Crippen molar-refractivity contribution in [3.8, 4) is 11.3 Å². The average molecular weight is 237 g/mol. The number of hydrogen-bond donors (Lipinski definition) is 1. The lowest BCUT2D eigenvalue weighted by Crippen LogP contribution is -1.83. The predicted octanol–water partition coefficient (Wildman–Crippen LogP) is 2.97. The molecule has 0 saturated carbocycles. The zero-order valence-corrected chi connectivity index (χ0v) is 8.58. The van der Waals surface area contributed by atoms with Gasteiger partial charge in [-0.15, -0.1) is 0 Å². The maximum Gasteiger partial charge on any atom is 0.0929 e. The van der Waals surface area contributed by atoms with E-state index < -0.39 is 0 Å². The largest absolute Gasteiger partial charge is 0.347 e. The molecule has 66 valence electrons. The zero-order valence-electron chi connectivity index (χ0n) is 7.00. The molecule has 0 spiro atoms. The van der Waals surface area contributed by atoms with Gasteiger partial charge in [0, 0.05) is 10.9 Å². The molecule has 0 atom stereocenters. The Balaban J connectivity index is 2.47. The summed E-state index contributed by atoms with van der Waals surface area (Å²) in [5, 5.41) is 0.803. The van der Waals surface area contributed by atoms with E-state index in [1.54, 1.807) is 6.33 Å². The van der Waals surface area contributed by atoms with Gasteiger partial charge in [0.1, 0.15) is 0 Å². The lowest BCUT2D eigenvalue weighted by atomic mass is 10.1. The van der Waals surface area contributed by atoms with Crippen LogP contribution in [0.5, 0.6) is 0 Å². The standard InChI is InChI=1S/C10H9BrN2/c11-6-9-10(13-7-12-9)8-4-2-1-3-5-8/h1-5,7H,6H2,(H,12,13). The van der Waals surface area contributed by atoms with Gasteiger partial charge in [0.25, 0.3) is 0 Å². The van der Waals surface area contributed by atoms with E-state index in [1.807, 2.05) is 18.2 Å². The Labute approximate surface area is 85.1 Å². The Morgan fingerprint density at radius 3 is 2.69 bits per heavy atom. The molecule has 0 aliphatic carbocycles. The minimum absolute atomic E-state index is 0.803. The average Bonchev–Trinajstić information content (AvgIpc) is 2.67. The van der Waals surface area contributed by atoms with Crippen molar-refractivity contribution in [1.82, 2.24) is 9.97 Å². The second-order valence-electron chi connectivity index (χ2n) is 2.73. The van der Waals surface area contributed by atoms with Crippen LogP contribution in [0, 0.1) is 0 Å². The van der Waals surface area contributed by atoms with Gasteiger partial charge < -0.3 is 4.98 Å². The van der Waals surface area contributed by atoms with Crippen molar-refractivity contribution in [2.75, 3.05) is 0 Å². The number of halogens is 1. The second kappa shape index (κ2) is 3.75. The predicted molar refractivity (Wildman–Crippen MR) is 56.7 cm³/mol. The first-order valence-electron chi connectivity index (χ1n) is 4.05. The fourth-order valence-electron chi connectivity index (χ4n) is 1.27. The van der Waals surface area contributed by atoms with Crippen molar-refractivity contribution >= 4 is 15.9 Å². The number of imidazole rings is 1. The molecule has 0 aliphatic rings. The van der Waals surface area contributed by atoms with Crippen molar-refractivity contribution in [3.63, 3.8) is 0 Å². The third-order valence-corrected chi connectivity index (χ3v) is 2.46. The topological polar surface area (TPSA) is 28.7 Å². The molecule has 0 radical (unpaired) electrons. The Kier molecular flexibility index (Phi) is 2.45. The fourth-order valence-corrected chi connectivity index (χ4v) is 1.70. The molecular weight excluding hydrogens is 228 g/mol. The number of nitrogens with zero attached hydrogens (tertiary/aromatic N) is 1. The zero-order chi connectivity index (χ0) is 9.10. The highest BCUT2D eigenvalue weighted by molar-refractivity contribution is 9.08. The summed E-state index contributed by atoms with van der Waals surface area (Å²) in [7, 11) is 0. The molecular formula is C10H9BrN2. The molecule has 0 unspecified atom stereocenters. The van der Waals surface area contributed by atoms with E-state index in [0.717, 1.165) is 22.3 Å². The first-order valence-corrected chi connectivity index (χ1v) is 5.17. The maximum atomic E-state index is 4.27. The number of hydrogen-bond acceptors (Lipinski definition) is 1. The van der Waals surface area contributed by atoms with E-state index in [9.17, 15) is 0 Å². The molecule has 2 aromatic rings. The van der Waals surface area contributed by atoms with Crippen molar-refractivity contribution in [2.24, 2.45) is 0 Å². The monoisotopic (exact) mass is 236 g/mol. The Bertz CT molecular complexity index is 381. The molecule has 0 fully saturated rings. The van der Waals surface area contributed by atoms with E-state index in [0.29, 0.717) is 0 Å². The van der Waals surface area contributed by atoms with Crippen LogP contribution in [0.25, 0.3) is 11.3 Å². The summed E-state index contributed by atoms with van der Waals surface area (Å²) in [6.07, 6.45) is 1.72. The molecule has 0 bridgehead atoms. The van der Waals surface area contributed by atoms with Crippen LogP contribution in [0.2, 0.25) is 0 Å². The first kappa shape index (κ1) is 8.51. The number of aromatic nitrogens is 2. The van der Waals surface area contributed by atoms with Crippen LogP contribution in [0.3, 0.4) is 0 Å². The van der Waals surface area contributed by atoms with Crippen LogP contribution < -0.4 is 0 Å². The molecule has 1 aromatic heterocycles. The highest BCUT2D eigenvalue weighted by atomic mass is 79.9. The molecule has 13 heavy (non-hydrogen) atoms. The summed E-state index contributed by atoms with van der Waals surface area (Å²) >= 11 is 3.41. The molecule has 0 saturated heterocycles. The quantitative estimate of drug-likeness (QED) is 0.799. The van der Waals surface area contributed by atoms with Crippen LogP contribution in [0.15, 0.2) is 36.7 Å². The number of nitrogens with one attached hydrogen (secondary N) is 1. The number of benzene rings is 1. The molecule has 2 rings (SSSR count). The highest BCUT2D eigenvalue weighted by Crippen LogP contribution is 2.21. The molecule has 1 heterocycles. The van der Waals surface area contributed by atoms with E-state index >= 15 is 0 Å². The molecule has 0 amide bonds. The lowest BCUT2D eigenvalue weighted by Gasteiger charge is -1.98. The van der Waals surface area contributed by atoms with Gasteiger partial charge in [0.15, 0.2) is 0 Å². The normalized spacial score (nSPS) is 10.2. The van der Waals surface area contributed by atoms with Crippen LogP contribution in [0.4, 0.5) is 0 Å². The van der Waals surface area contributed by atoms with Gasteiger partial charge in [-0.1, -0.05) is 46.3 Å². The summed E-state index contributed by atoms with van der Waals surface area (Å²) in [5.41, 5.74) is 3.29.